The Bertz CT molecular complexity index is 1670. The van der Waals surface area contributed by atoms with Gasteiger partial charge in [0, 0.05) is 47.6 Å². The summed E-state index contributed by atoms with van der Waals surface area (Å²) in [6.45, 7) is 8.69. The zero-order valence-electron chi connectivity index (χ0n) is 22.5. The van der Waals surface area contributed by atoms with E-state index >= 15 is 0 Å². The number of hydrogen-bond donors (Lipinski definition) is 0. The summed E-state index contributed by atoms with van der Waals surface area (Å²) in [7, 11) is 0. The van der Waals surface area contributed by atoms with Gasteiger partial charge < -0.3 is 14.4 Å². The average Bonchev–Trinajstić information content (AvgIpc) is 3.54. The minimum atomic E-state index is -0.516. The molecule has 0 unspecified atom stereocenters. The van der Waals surface area contributed by atoms with E-state index in [2.05, 4.69) is 27.2 Å². The van der Waals surface area contributed by atoms with E-state index in [0.29, 0.717) is 18.8 Å². The number of benzene rings is 1. The van der Waals surface area contributed by atoms with E-state index < -0.39 is 5.60 Å². The molecule has 1 aromatic carbocycles. The van der Waals surface area contributed by atoms with Crippen molar-refractivity contribution in [3.63, 3.8) is 0 Å². The van der Waals surface area contributed by atoms with Gasteiger partial charge in [-0.3, -0.25) is 9.97 Å². The second kappa shape index (κ2) is 9.65. The molecule has 0 spiro atoms. The van der Waals surface area contributed by atoms with Crippen LogP contribution in [0.25, 0.3) is 38.9 Å². The third-order valence-electron chi connectivity index (χ3n) is 6.65. The first-order valence-corrected chi connectivity index (χ1v) is 13.0. The molecule has 0 saturated carbocycles. The highest BCUT2D eigenvalue weighted by atomic mass is 16.6. The number of rotatable bonds is 4. The molecule has 1 fully saturated rings. The first kappa shape index (κ1) is 24.8. The third kappa shape index (κ3) is 5.12. The molecule has 5 heterocycles. The summed E-state index contributed by atoms with van der Waals surface area (Å²) in [6, 6.07) is 14.0. The summed E-state index contributed by atoms with van der Waals surface area (Å²) in [6.07, 6.45) is 7.63. The molecular weight excluding hydrogens is 492 g/mol. The van der Waals surface area contributed by atoms with Crippen LogP contribution in [0, 0.1) is 6.92 Å². The zero-order chi connectivity index (χ0) is 27.1. The van der Waals surface area contributed by atoms with Crippen LogP contribution in [0.3, 0.4) is 0 Å². The number of carbonyl (C=O) groups is 1. The molecule has 39 heavy (non-hydrogen) atoms. The van der Waals surface area contributed by atoms with Gasteiger partial charge in [-0.25, -0.2) is 14.3 Å². The van der Waals surface area contributed by atoms with Gasteiger partial charge in [-0.2, -0.15) is 5.10 Å². The lowest BCUT2D eigenvalue weighted by Crippen LogP contribution is -2.36. The number of ether oxygens (including phenoxy) is 2. The van der Waals surface area contributed by atoms with Crippen molar-refractivity contribution in [1.29, 1.82) is 0 Å². The minimum Gasteiger partial charge on any atom is -0.487 e. The van der Waals surface area contributed by atoms with E-state index in [-0.39, 0.29) is 12.2 Å². The van der Waals surface area contributed by atoms with Gasteiger partial charge in [0.1, 0.15) is 17.5 Å². The molecule has 9 heteroatoms. The molecule has 0 radical (unpaired) electrons. The topological polar surface area (TPSA) is 94.7 Å². The second-order valence-corrected chi connectivity index (χ2v) is 10.8. The van der Waals surface area contributed by atoms with Crippen LogP contribution in [0.5, 0.6) is 5.75 Å². The van der Waals surface area contributed by atoms with Crippen LogP contribution in [0.4, 0.5) is 4.79 Å². The number of aromatic nitrogens is 5. The number of nitrogens with zero attached hydrogens (tertiary/aromatic N) is 6. The van der Waals surface area contributed by atoms with Gasteiger partial charge in [0.15, 0.2) is 5.65 Å². The van der Waals surface area contributed by atoms with Crippen LogP contribution >= 0.6 is 0 Å². The van der Waals surface area contributed by atoms with Crippen LogP contribution in [-0.2, 0) is 4.74 Å². The monoisotopic (exact) mass is 522 g/mol. The Hall–Kier alpha value is -4.53. The second-order valence-electron chi connectivity index (χ2n) is 10.8. The zero-order valence-corrected chi connectivity index (χ0v) is 22.5. The molecule has 4 aromatic heterocycles. The van der Waals surface area contributed by atoms with Crippen LogP contribution in [0.1, 0.15) is 32.9 Å². The summed E-state index contributed by atoms with van der Waals surface area (Å²) in [4.78, 5) is 28.0. The average molecular weight is 523 g/mol. The summed E-state index contributed by atoms with van der Waals surface area (Å²) in [5.74, 6) is 0.657. The minimum absolute atomic E-state index is 0.0983. The Balaban J connectivity index is 1.17. The van der Waals surface area contributed by atoms with E-state index in [1.807, 2.05) is 76.6 Å². The number of carbonyl (C=O) groups excluding carboxylic acids is 1. The fourth-order valence-corrected chi connectivity index (χ4v) is 4.82. The number of fused-ring (bicyclic) bond motifs is 2. The van der Waals surface area contributed by atoms with Crippen molar-refractivity contribution in [2.75, 3.05) is 13.1 Å². The smallest absolute Gasteiger partial charge is 0.410 e. The van der Waals surface area contributed by atoms with Gasteiger partial charge in [-0.15, -0.1) is 0 Å². The van der Waals surface area contributed by atoms with Crippen molar-refractivity contribution in [2.45, 2.75) is 45.8 Å². The number of hydrogen-bond acceptors (Lipinski definition) is 7. The third-order valence-corrected chi connectivity index (χ3v) is 6.65. The molecule has 1 aliphatic rings. The molecule has 1 amide bonds. The maximum atomic E-state index is 12.3. The van der Waals surface area contributed by atoms with Crippen molar-refractivity contribution in [2.24, 2.45) is 0 Å². The molecule has 198 valence electrons. The number of amides is 1. The van der Waals surface area contributed by atoms with Crippen molar-refractivity contribution in [1.82, 2.24) is 29.5 Å². The van der Waals surface area contributed by atoms with Gasteiger partial charge in [-0.05, 0) is 57.5 Å². The van der Waals surface area contributed by atoms with Crippen molar-refractivity contribution < 1.29 is 14.3 Å². The van der Waals surface area contributed by atoms with Crippen LogP contribution in [0.2, 0.25) is 0 Å². The molecule has 0 aliphatic carbocycles. The molecule has 6 rings (SSSR count). The maximum Gasteiger partial charge on any atom is 0.410 e. The normalized spacial score (nSPS) is 15.7. The van der Waals surface area contributed by atoms with Crippen molar-refractivity contribution in [3.8, 4) is 28.1 Å². The van der Waals surface area contributed by atoms with E-state index in [9.17, 15) is 4.79 Å². The van der Waals surface area contributed by atoms with E-state index in [4.69, 9.17) is 14.5 Å². The standard InChI is InChI=1S/C30H30N6O3/c1-19-8-10-24-23(6-5-7-27(24)34-19)25-16-33-36-17-20(14-32-28(25)36)26-11-9-21(15-31-26)38-22-12-13-35(18-22)29(37)39-30(2,3)4/h5-11,14-17,22H,12-13,18H2,1-4H3/t22-/m1/s1. The Morgan fingerprint density at radius 1 is 1.00 bits per heavy atom. The lowest BCUT2D eigenvalue weighted by molar-refractivity contribution is 0.0275. The molecular formula is C30H30N6O3. The van der Waals surface area contributed by atoms with E-state index in [1.165, 1.54) is 0 Å². The van der Waals surface area contributed by atoms with Gasteiger partial charge >= 0.3 is 6.09 Å². The van der Waals surface area contributed by atoms with Crippen molar-refractivity contribution >= 4 is 22.6 Å². The number of pyridine rings is 2. The highest BCUT2D eigenvalue weighted by Crippen LogP contribution is 2.31. The van der Waals surface area contributed by atoms with Gasteiger partial charge in [0.05, 0.1) is 30.1 Å². The molecule has 1 saturated heterocycles. The highest BCUT2D eigenvalue weighted by Gasteiger charge is 2.31. The first-order valence-electron chi connectivity index (χ1n) is 13.0. The molecule has 9 nitrogen and oxygen atoms in total. The van der Waals surface area contributed by atoms with Gasteiger partial charge in [0.2, 0.25) is 0 Å². The maximum absolute atomic E-state index is 12.3. The number of likely N-dealkylation sites (tertiary alicyclic amines) is 1. The lowest BCUT2D eigenvalue weighted by Gasteiger charge is -2.24. The molecule has 5 aromatic rings. The highest BCUT2D eigenvalue weighted by molar-refractivity contribution is 5.98. The van der Waals surface area contributed by atoms with Crippen LogP contribution in [-0.4, -0.2) is 60.4 Å². The Kier molecular flexibility index (Phi) is 6.13. The quantitative estimate of drug-likeness (QED) is 0.299. The predicted molar refractivity (Wildman–Crippen MR) is 149 cm³/mol. The fourth-order valence-electron chi connectivity index (χ4n) is 4.82. The molecule has 0 bridgehead atoms. The van der Waals surface area contributed by atoms with E-state index in [0.717, 1.165) is 51.0 Å². The molecule has 1 aliphatic heterocycles. The Labute approximate surface area is 226 Å². The lowest BCUT2D eigenvalue weighted by atomic mass is 10.0. The summed E-state index contributed by atoms with van der Waals surface area (Å²) >= 11 is 0. The van der Waals surface area contributed by atoms with Gasteiger partial charge in [-0.1, -0.05) is 18.2 Å². The summed E-state index contributed by atoms with van der Waals surface area (Å²) in [5, 5.41) is 5.64. The molecule has 1 atom stereocenters. The summed E-state index contributed by atoms with van der Waals surface area (Å²) < 4.78 is 13.3. The fraction of sp³-hybridized carbons (Fsp3) is 0.300. The van der Waals surface area contributed by atoms with E-state index in [1.54, 1.807) is 15.6 Å². The largest absolute Gasteiger partial charge is 0.487 e. The summed E-state index contributed by atoms with van der Waals surface area (Å²) in [5.41, 5.74) is 5.79. The van der Waals surface area contributed by atoms with Crippen LogP contribution in [0.15, 0.2) is 67.3 Å². The molecule has 0 N–H and O–H groups in total. The SMILES string of the molecule is Cc1ccc2c(-c3cnn4cc(-c5ccc(O[C@@H]6CCN(C(=O)OC(C)(C)C)C6)cn5)cnc34)cccc2n1. The van der Waals surface area contributed by atoms with Crippen LogP contribution < -0.4 is 4.74 Å². The van der Waals surface area contributed by atoms with Gasteiger partial charge in [0.25, 0.3) is 0 Å². The van der Waals surface area contributed by atoms with Crippen molar-refractivity contribution in [3.05, 3.63) is 72.9 Å². The Morgan fingerprint density at radius 2 is 1.87 bits per heavy atom. The predicted octanol–water partition coefficient (Wildman–Crippen LogP) is 5.70. The Morgan fingerprint density at radius 3 is 2.67 bits per heavy atom. The first-order chi connectivity index (χ1) is 18.7. The number of aryl methyl sites for hydroxylation is 1.